The zero-order chi connectivity index (χ0) is 30.8. The summed E-state index contributed by atoms with van der Waals surface area (Å²) in [6.45, 7) is 0. The third kappa shape index (κ3) is 4.13. The normalized spacial score (nSPS) is 25.1. The number of likely N-dealkylation sites (N-methyl/N-ethyl adjacent to an activating group) is 1. The Morgan fingerprint density at radius 1 is 1.14 bits per heavy atom. The molecule has 2 aromatic rings. The van der Waals surface area contributed by atoms with Crippen LogP contribution in [-0.4, -0.2) is 88.5 Å². The number of carbonyl (C=O) groups is 4. The molecule has 4 atom stereocenters. The molecule has 8 N–H and O–H groups in total. The van der Waals surface area contributed by atoms with Gasteiger partial charge < -0.3 is 31.1 Å². The maximum absolute atomic E-state index is 14.0. The van der Waals surface area contributed by atoms with E-state index in [-0.39, 0.29) is 29.7 Å². The number of phenolic OH excluding ortho intramolecular Hbond substituents is 1. The monoisotopic (exact) mass is 597 g/mol. The average molecular weight is 598 g/mol. The van der Waals surface area contributed by atoms with Gasteiger partial charge in [0.15, 0.2) is 17.1 Å². The first-order chi connectivity index (χ1) is 19.7. The number of aliphatic hydroxyl groups excluding tert-OH is 2. The molecule has 0 spiro atoms. The summed E-state index contributed by atoms with van der Waals surface area (Å²) in [4.78, 5) is 55.5. The highest BCUT2D eigenvalue weighted by atomic mass is 32.1. The van der Waals surface area contributed by atoms with Crippen LogP contribution in [0.25, 0.3) is 5.76 Å². The number of nitrogens with two attached hydrogens (primary N) is 1. The second-order valence-corrected chi connectivity index (χ2v) is 12.0. The highest BCUT2D eigenvalue weighted by Crippen LogP contribution is 2.54. The molecule has 1 aromatic heterocycles. The van der Waals surface area contributed by atoms with E-state index in [1.807, 2.05) is 0 Å². The van der Waals surface area contributed by atoms with Gasteiger partial charge in [-0.1, -0.05) is 6.07 Å². The topological polar surface area (TPSA) is 206 Å². The Kier molecular flexibility index (Phi) is 7.03. The number of carbonyl (C=O) groups excluding carboxylic acids is 4. The van der Waals surface area contributed by atoms with Crippen LogP contribution in [0.5, 0.6) is 5.75 Å². The molecule has 2 unspecified atom stereocenters. The Morgan fingerprint density at radius 2 is 1.83 bits per heavy atom. The standard InChI is InChI=1S/C28H31N5O8S/c1-32(2)15-10-14(30-31-27(40)16-6-5-7-42-16)21(34)18-12(15)8-11-9-13-20(33(3)4)23(36)19(26(29)39)25(38)28(13,41)24(37)17(11)22(18)35/h5-7,10-11,13,20,30,34-35,38,41H,8-9H2,1-4H3,(H2,29,39)(H,31,40)/t11?,13?,20-,28-/m0/s1. The lowest BCUT2D eigenvalue weighted by Crippen LogP contribution is -2.65. The quantitative estimate of drug-likeness (QED) is 0.141. The summed E-state index contributed by atoms with van der Waals surface area (Å²) in [7, 11) is 6.58. The van der Waals surface area contributed by atoms with Gasteiger partial charge in [0.2, 0.25) is 5.78 Å². The zero-order valence-electron chi connectivity index (χ0n) is 23.3. The Labute approximate surface area is 244 Å². The number of Topliss-reactive ketones (excluding diaryl/α,β-unsaturated/α-hetero) is 2. The smallest absolute Gasteiger partial charge is 0.279 e. The van der Waals surface area contributed by atoms with E-state index in [1.54, 1.807) is 56.7 Å². The molecular weight excluding hydrogens is 566 g/mol. The van der Waals surface area contributed by atoms with Crippen LogP contribution in [0.15, 0.2) is 40.5 Å². The van der Waals surface area contributed by atoms with Crippen LogP contribution in [-0.2, 0) is 20.8 Å². The van der Waals surface area contributed by atoms with Crippen molar-refractivity contribution in [2.24, 2.45) is 17.6 Å². The van der Waals surface area contributed by atoms with Crippen LogP contribution in [0.3, 0.4) is 0 Å². The van der Waals surface area contributed by atoms with E-state index in [2.05, 4.69) is 10.9 Å². The van der Waals surface area contributed by atoms with Crippen molar-refractivity contribution in [3.8, 4) is 5.75 Å². The van der Waals surface area contributed by atoms with Crippen molar-refractivity contribution in [2.45, 2.75) is 24.5 Å². The van der Waals surface area contributed by atoms with Gasteiger partial charge in [-0.15, -0.1) is 11.3 Å². The van der Waals surface area contributed by atoms with Gasteiger partial charge in [0.1, 0.15) is 17.1 Å². The summed E-state index contributed by atoms with van der Waals surface area (Å²) >= 11 is 1.22. The molecule has 1 aromatic carbocycles. The fraction of sp³-hybridized carbons (Fsp3) is 0.357. The third-order valence-corrected chi connectivity index (χ3v) is 9.10. The van der Waals surface area contributed by atoms with E-state index in [1.165, 1.54) is 16.2 Å². The van der Waals surface area contributed by atoms with Crippen LogP contribution < -0.4 is 21.5 Å². The van der Waals surface area contributed by atoms with Crippen LogP contribution in [0.2, 0.25) is 0 Å². The van der Waals surface area contributed by atoms with E-state index in [9.17, 15) is 39.6 Å². The minimum atomic E-state index is -2.73. The number of amides is 2. The number of aromatic hydroxyl groups is 1. The van der Waals surface area contributed by atoms with Crippen molar-refractivity contribution in [3.63, 3.8) is 0 Å². The number of phenols is 1. The molecule has 222 valence electrons. The van der Waals surface area contributed by atoms with Gasteiger partial charge in [0.25, 0.3) is 11.8 Å². The summed E-state index contributed by atoms with van der Waals surface area (Å²) in [6, 6.07) is 3.75. The molecule has 5 rings (SSSR count). The molecule has 14 heteroatoms. The van der Waals surface area contributed by atoms with Crippen LogP contribution in [0.1, 0.15) is 27.2 Å². The minimum Gasteiger partial charge on any atom is -0.508 e. The molecule has 1 saturated carbocycles. The number of rotatable bonds is 6. The van der Waals surface area contributed by atoms with Gasteiger partial charge in [0.05, 0.1) is 22.2 Å². The van der Waals surface area contributed by atoms with Crippen LogP contribution >= 0.6 is 11.3 Å². The molecule has 0 aliphatic heterocycles. The number of nitrogens with one attached hydrogen (secondary N) is 2. The number of ketones is 2. The largest absolute Gasteiger partial charge is 0.508 e. The summed E-state index contributed by atoms with van der Waals surface area (Å²) < 4.78 is 0. The molecule has 1 fully saturated rings. The van der Waals surface area contributed by atoms with Gasteiger partial charge in [-0.05, 0) is 55.9 Å². The van der Waals surface area contributed by atoms with Crippen molar-refractivity contribution in [1.82, 2.24) is 10.3 Å². The Morgan fingerprint density at radius 3 is 2.40 bits per heavy atom. The molecule has 3 aliphatic rings. The molecule has 3 aliphatic carbocycles. The Balaban J connectivity index is 1.65. The molecule has 13 nitrogen and oxygen atoms in total. The highest BCUT2D eigenvalue weighted by Gasteiger charge is 2.64. The molecule has 2 amide bonds. The Hall–Kier alpha value is -4.40. The number of hydrogen-bond acceptors (Lipinski definition) is 12. The SMILES string of the molecule is CN(C)c1cc(NNC(=O)c2cccs2)c(O)c2c1CC1CC3[C@H](N(C)C)C(=O)C(C(N)=O)=C(O)[C@@]3(O)C(=O)C1=C2O. The number of hydrazine groups is 1. The molecule has 0 bridgehead atoms. The minimum absolute atomic E-state index is 0.0176. The van der Waals surface area contributed by atoms with Crippen molar-refractivity contribution in [3.05, 3.63) is 56.5 Å². The first-order valence-corrected chi connectivity index (χ1v) is 13.9. The molecule has 42 heavy (non-hydrogen) atoms. The van der Waals surface area contributed by atoms with Crippen molar-refractivity contribution in [1.29, 1.82) is 0 Å². The summed E-state index contributed by atoms with van der Waals surface area (Å²) in [5, 5.41) is 47.3. The predicted octanol–water partition coefficient (Wildman–Crippen LogP) is 0.848. The average Bonchev–Trinajstić information content (AvgIpc) is 3.45. The van der Waals surface area contributed by atoms with Crippen molar-refractivity contribution in [2.75, 3.05) is 38.5 Å². The molecular formula is C28H31N5O8S. The number of thiophene rings is 1. The van der Waals surface area contributed by atoms with E-state index in [4.69, 9.17) is 5.73 Å². The summed E-state index contributed by atoms with van der Waals surface area (Å²) in [5.41, 5.74) is 7.68. The van der Waals surface area contributed by atoms with Gasteiger partial charge in [0, 0.05) is 31.3 Å². The van der Waals surface area contributed by atoms with Crippen molar-refractivity contribution >= 4 is 51.9 Å². The van der Waals surface area contributed by atoms with E-state index in [0.29, 0.717) is 16.1 Å². The number of nitrogens with zero attached hydrogens (tertiary/aromatic N) is 2. The number of primary amides is 1. The lowest BCUT2D eigenvalue weighted by molar-refractivity contribution is -0.153. The zero-order valence-corrected chi connectivity index (χ0v) is 24.1. The predicted molar refractivity (Wildman–Crippen MR) is 154 cm³/mol. The number of fused-ring (bicyclic) bond motifs is 3. The van der Waals surface area contributed by atoms with Crippen LogP contribution in [0, 0.1) is 11.8 Å². The number of hydrogen-bond donors (Lipinski definition) is 7. The molecule has 0 radical (unpaired) electrons. The first-order valence-electron chi connectivity index (χ1n) is 13.0. The van der Waals surface area contributed by atoms with E-state index in [0.717, 1.165) is 0 Å². The fourth-order valence-corrected chi connectivity index (χ4v) is 7.00. The maximum atomic E-state index is 14.0. The van der Waals surface area contributed by atoms with Gasteiger partial charge in [-0.3, -0.25) is 34.9 Å². The fourth-order valence-electron chi connectivity index (χ4n) is 6.38. The number of anilines is 2. The van der Waals surface area contributed by atoms with Gasteiger partial charge in [-0.25, -0.2) is 0 Å². The van der Waals surface area contributed by atoms with E-state index >= 15 is 0 Å². The first kappa shape index (κ1) is 29.1. The summed E-state index contributed by atoms with van der Waals surface area (Å²) in [6.07, 6.45) is 0.119. The third-order valence-electron chi connectivity index (χ3n) is 8.23. The Bertz CT molecular complexity index is 1600. The molecule has 0 saturated heterocycles. The van der Waals surface area contributed by atoms with Crippen LogP contribution in [0.4, 0.5) is 11.4 Å². The second kappa shape index (κ2) is 10.2. The number of benzene rings is 1. The van der Waals surface area contributed by atoms with Crippen molar-refractivity contribution < 1.29 is 39.6 Å². The van der Waals surface area contributed by atoms with E-state index < -0.39 is 69.7 Å². The second-order valence-electron chi connectivity index (χ2n) is 11.1. The molecule has 1 heterocycles. The lowest BCUT2D eigenvalue weighted by atomic mass is 9.57. The van der Waals surface area contributed by atoms with Gasteiger partial charge >= 0.3 is 0 Å². The number of aliphatic hydroxyl groups is 3. The summed E-state index contributed by atoms with van der Waals surface area (Å²) in [5.74, 6) is -7.78. The maximum Gasteiger partial charge on any atom is 0.279 e. The highest BCUT2D eigenvalue weighted by molar-refractivity contribution is 7.12. The van der Waals surface area contributed by atoms with Gasteiger partial charge in [-0.2, -0.15) is 0 Å². The lowest BCUT2D eigenvalue weighted by Gasteiger charge is -2.50.